The molecule has 0 rings (SSSR count). The maximum atomic E-state index is 14.2. The summed E-state index contributed by atoms with van der Waals surface area (Å²) in [5.74, 6) is 0.705. The van der Waals surface area contributed by atoms with E-state index in [1.807, 2.05) is 33.8 Å². The normalized spacial score (nSPS) is 20.9. The first-order chi connectivity index (χ1) is 6.95. The minimum Gasteiger partial charge on any atom is -0.247 e. The van der Waals surface area contributed by atoms with Crippen LogP contribution in [0.5, 0.6) is 0 Å². The first kappa shape index (κ1) is 14.7. The van der Waals surface area contributed by atoms with Gasteiger partial charge in [0, 0.05) is 5.92 Å². The highest BCUT2D eigenvalue weighted by atomic mass is 19.1. The first-order valence-corrected chi connectivity index (χ1v) is 6.22. The Hall–Kier alpha value is -0.330. The number of allylic oxidation sites excluding steroid dienone is 2. The summed E-state index contributed by atoms with van der Waals surface area (Å²) in [6.07, 6.45) is 3.59. The van der Waals surface area contributed by atoms with Gasteiger partial charge in [0.05, 0.1) is 0 Å². The van der Waals surface area contributed by atoms with E-state index < -0.39 is 6.17 Å². The van der Waals surface area contributed by atoms with Gasteiger partial charge in [-0.2, -0.15) is 0 Å². The zero-order valence-electron chi connectivity index (χ0n) is 11.2. The molecule has 0 aliphatic heterocycles. The molecule has 0 radical (unpaired) electrons. The van der Waals surface area contributed by atoms with E-state index in [1.165, 1.54) is 0 Å². The van der Waals surface area contributed by atoms with Gasteiger partial charge in [0.25, 0.3) is 0 Å². The standard InChI is InChI=1S/C14H27F/c1-7-9-11(4)13(6)14(15)12(5)10(3)8-2/h8,11-14H,7,9H2,1-6H3/b10-8+. The van der Waals surface area contributed by atoms with Gasteiger partial charge in [-0.15, -0.1) is 0 Å². The molecule has 0 saturated heterocycles. The second-order valence-electron chi connectivity index (χ2n) is 4.89. The fourth-order valence-corrected chi connectivity index (χ4v) is 2.00. The predicted molar refractivity (Wildman–Crippen MR) is 66.7 cm³/mol. The van der Waals surface area contributed by atoms with Gasteiger partial charge in [-0.1, -0.05) is 52.2 Å². The SMILES string of the molecule is C/C=C(\C)C(C)C(F)C(C)C(C)CCC. The lowest BCUT2D eigenvalue weighted by Gasteiger charge is -2.28. The highest BCUT2D eigenvalue weighted by Crippen LogP contribution is 2.29. The monoisotopic (exact) mass is 214 g/mol. The van der Waals surface area contributed by atoms with Gasteiger partial charge in [-0.25, -0.2) is 4.39 Å². The maximum absolute atomic E-state index is 14.2. The molecule has 0 bridgehead atoms. The van der Waals surface area contributed by atoms with E-state index in [-0.39, 0.29) is 11.8 Å². The van der Waals surface area contributed by atoms with E-state index >= 15 is 0 Å². The molecule has 0 aromatic rings. The molecule has 0 N–H and O–H groups in total. The molecule has 0 amide bonds. The fraction of sp³-hybridized carbons (Fsp3) is 0.857. The van der Waals surface area contributed by atoms with Crippen molar-refractivity contribution in [2.45, 2.75) is 60.6 Å². The quantitative estimate of drug-likeness (QED) is 0.546. The Bertz CT molecular complexity index is 196. The lowest BCUT2D eigenvalue weighted by Crippen LogP contribution is -2.27. The smallest absolute Gasteiger partial charge is 0.109 e. The van der Waals surface area contributed by atoms with E-state index in [1.54, 1.807) is 0 Å². The lowest BCUT2D eigenvalue weighted by molar-refractivity contribution is 0.141. The van der Waals surface area contributed by atoms with Crippen LogP contribution in [0.15, 0.2) is 11.6 Å². The topological polar surface area (TPSA) is 0 Å². The molecule has 4 atom stereocenters. The summed E-state index contributed by atoms with van der Waals surface area (Å²) in [4.78, 5) is 0. The van der Waals surface area contributed by atoms with Crippen LogP contribution in [0.25, 0.3) is 0 Å². The Labute approximate surface area is 95.0 Å². The van der Waals surface area contributed by atoms with Crippen LogP contribution in [-0.2, 0) is 0 Å². The van der Waals surface area contributed by atoms with E-state index in [9.17, 15) is 4.39 Å². The highest BCUT2D eigenvalue weighted by Gasteiger charge is 2.27. The third-order valence-electron chi connectivity index (χ3n) is 3.80. The molecule has 90 valence electrons. The molecule has 15 heavy (non-hydrogen) atoms. The Kier molecular flexibility index (Phi) is 6.87. The van der Waals surface area contributed by atoms with Crippen LogP contribution in [0.4, 0.5) is 4.39 Å². The third kappa shape index (κ3) is 4.36. The zero-order chi connectivity index (χ0) is 12.0. The van der Waals surface area contributed by atoms with Crippen LogP contribution in [0.3, 0.4) is 0 Å². The van der Waals surface area contributed by atoms with Gasteiger partial charge in [0.15, 0.2) is 0 Å². The summed E-state index contributed by atoms with van der Waals surface area (Å²) in [7, 11) is 0. The predicted octanol–water partition coefficient (Wildman–Crippen LogP) is 5.00. The van der Waals surface area contributed by atoms with Gasteiger partial charge in [0.2, 0.25) is 0 Å². The molecule has 0 heterocycles. The van der Waals surface area contributed by atoms with E-state index in [4.69, 9.17) is 0 Å². The number of alkyl halides is 1. The molecule has 0 fully saturated rings. The maximum Gasteiger partial charge on any atom is 0.109 e. The van der Waals surface area contributed by atoms with E-state index in [2.05, 4.69) is 13.8 Å². The number of rotatable bonds is 6. The van der Waals surface area contributed by atoms with Crippen molar-refractivity contribution in [2.75, 3.05) is 0 Å². The Morgan fingerprint density at radius 1 is 1.27 bits per heavy atom. The van der Waals surface area contributed by atoms with Gasteiger partial charge in [-0.3, -0.25) is 0 Å². The summed E-state index contributed by atoms with van der Waals surface area (Å²) >= 11 is 0. The van der Waals surface area contributed by atoms with Crippen molar-refractivity contribution in [3.8, 4) is 0 Å². The fourth-order valence-electron chi connectivity index (χ4n) is 2.00. The summed E-state index contributed by atoms with van der Waals surface area (Å²) in [5.41, 5.74) is 1.16. The van der Waals surface area contributed by atoms with Crippen LogP contribution in [0.2, 0.25) is 0 Å². The van der Waals surface area contributed by atoms with Crippen LogP contribution in [-0.4, -0.2) is 6.17 Å². The van der Waals surface area contributed by atoms with Crippen molar-refractivity contribution in [2.24, 2.45) is 17.8 Å². The Morgan fingerprint density at radius 2 is 1.80 bits per heavy atom. The van der Waals surface area contributed by atoms with Gasteiger partial charge in [0.1, 0.15) is 6.17 Å². The molecule has 0 aliphatic carbocycles. The molecule has 0 nitrogen and oxygen atoms in total. The lowest BCUT2D eigenvalue weighted by atomic mass is 9.81. The average molecular weight is 214 g/mol. The second kappa shape index (κ2) is 7.03. The van der Waals surface area contributed by atoms with E-state index in [0.717, 1.165) is 18.4 Å². The van der Waals surface area contributed by atoms with Crippen molar-refractivity contribution in [3.05, 3.63) is 11.6 Å². The molecule has 0 aromatic carbocycles. The van der Waals surface area contributed by atoms with E-state index in [0.29, 0.717) is 5.92 Å². The van der Waals surface area contributed by atoms with Crippen molar-refractivity contribution in [3.63, 3.8) is 0 Å². The van der Waals surface area contributed by atoms with Crippen LogP contribution >= 0.6 is 0 Å². The van der Waals surface area contributed by atoms with Crippen molar-refractivity contribution < 1.29 is 4.39 Å². The molecule has 4 unspecified atom stereocenters. The van der Waals surface area contributed by atoms with Gasteiger partial charge < -0.3 is 0 Å². The van der Waals surface area contributed by atoms with Crippen molar-refractivity contribution in [1.29, 1.82) is 0 Å². The second-order valence-corrected chi connectivity index (χ2v) is 4.89. The Balaban J connectivity index is 4.36. The summed E-state index contributed by atoms with van der Waals surface area (Å²) < 4.78 is 14.2. The number of halogens is 1. The molecule has 0 spiro atoms. The minimum atomic E-state index is -0.706. The number of hydrogen-bond acceptors (Lipinski definition) is 0. The zero-order valence-corrected chi connectivity index (χ0v) is 11.2. The molecule has 0 saturated carbocycles. The number of hydrogen-bond donors (Lipinski definition) is 0. The first-order valence-electron chi connectivity index (χ1n) is 6.22. The Morgan fingerprint density at radius 3 is 2.20 bits per heavy atom. The molecular weight excluding hydrogens is 187 g/mol. The van der Waals surface area contributed by atoms with Gasteiger partial charge >= 0.3 is 0 Å². The van der Waals surface area contributed by atoms with Crippen LogP contribution in [0, 0.1) is 17.8 Å². The van der Waals surface area contributed by atoms with Crippen molar-refractivity contribution >= 4 is 0 Å². The van der Waals surface area contributed by atoms with Crippen molar-refractivity contribution in [1.82, 2.24) is 0 Å². The largest absolute Gasteiger partial charge is 0.247 e. The van der Waals surface area contributed by atoms with Crippen LogP contribution in [0.1, 0.15) is 54.4 Å². The highest BCUT2D eigenvalue weighted by molar-refractivity contribution is 5.03. The molecule has 1 heteroatoms. The van der Waals surface area contributed by atoms with Crippen LogP contribution < -0.4 is 0 Å². The third-order valence-corrected chi connectivity index (χ3v) is 3.80. The molecular formula is C14H27F. The minimum absolute atomic E-state index is 0.0595. The summed E-state index contributed by atoms with van der Waals surface area (Å²) in [6, 6.07) is 0. The molecule has 0 aromatic heterocycles. The van der Waals surface area contributed by atoms with Gasteiger partial charge in [-0.05, 0) is 25.7 Å². The average Bonchev–Trinajstić information content (AvgIpc) is 2.25. The summed E-state index contributed by atoms with van der Waals surface area (Å²) in [6.45, 7) is 12.4. The summed E-state index contributed by atoms with van der Waals surface area (Å²) in [5, 5.41) is 0. The molecule has 0 aliphatic rings.